The maximum Gasteiger partial charge on any atom is 0.407 e. The summed E-state index contributed by atoms with van der Waals surface area (Å²) in [6, 6.07) is 17.1. The summed E-state index contributed by atoms with van der Waals surface area (Å²) in [5, 5.41) is 18.6. The predicted octanol–water partition coefficient (Wildman–Crippen LogP) is 9.28. The van der Waals surface area contributed by atoms with E-state index in [-0.39, 0.29) is 29.8 Å². The van der Waals surface area contributed by atoms with Crippen molar-refractivity contribution in [3.63, 3.8) is 0 Å². The molecule has 3 aromatic rings. The van der Waals surface area contributed by atoms with Gasteiger partial charge in [0.15, 0.2) is 0 Å². The summed E-state index contributed by atoms with van der Waals surface area (Å²) in [7, 11) is 0. The molecule has 0 aromatic heterocycles. The number of phenolic OH excluding ortho intramolecular Hbond substituents is 1. The maximum absolute atomic E-state index is 12.6. The molecule has 1 aliphatic heterocycles. The molecule has 5 rings (SSSR count). The van der Waals surface area contributed by atoms with E-state index in [1.807, 2.05) is 45.0 Å². The van der Waals surface area contributed by atoms with Crippen molar-refractivity contribution >= 4 is 6.09 Å². The number of hydrogen-bond acceptors (Lipinski definition) is 5. The third-order valence-electron chi connectivity index (χ3n) is 9.38. The van der Waals surface area contributed by atoms with Crippen molar-refractivity contribution in [2.45, 2.75) is 130 Å². The highest BCUT2D eigenvalue weighted by Crippen LogP contribution is 2.44. The van der Waals surface area contributed by atoms with E-state index in [4.69, 9.17) is 9.47 Å². The monoisotopic (exact) mass is 612 g/mol. The van der Waals surface area contributed by atoms with Crippen LogP contribution in [0.1, 0.15) is 132 Å². The number of fused-ring (bicyclic) bond motifs is 5. The van der Waals surface area contributed by atoms with Crippen molar-refractivity contribution in [3.8, 4) is 22.6 Å². The molecule has 3 atom stereocenters. The number of benzene rings is 3. The minimum Gasteiger partial charge on any atom is -0.507 e. The van der Waals surface area contributed by atoms with Crippen LogP contribution in [0, 0.1) is 0 Å². The summed E-state index contributed by atoms with van der Waals surface area (Å²) in [5.74, 6) is 1.89. The molecule has 0 spiro atoms. The number of aromatic hydroxyl groups is 1. The van der Waals surface area contributed by atoms with Gasteiger partial charge < -0.3 is 25.2 Å². The number of ether oxygens (including phenoxy) is 2. The number of carbonyl (C=O) groups excluding carboxylic acids is 1. The van der Waals surface area contributed by atoms with Crippen molar-refractivity contribution in [1.29, 1.82) is 0 Å². The fourth-order valence-corrected chi connectivity index (χ4v) is 6.84. The zero-order valence-corrected chi connectivity index (χ0v) is 28.4. The second-order valence-electron chi connectivity index (χ2n) is 14.6. The number of carbonyl (C=O) groups is 1. The smallest absolute Gasteiger partial charge is 0.407 e. The van der Waals surface area contributed by atoms with Crippen molar-refractivity contribution < 1.29 is 19.4 Å². The summed E-state index contributed by atoms with van der Waals surface area (Å²) in [5.41, 5.74) is 8.35. The first kappa shape index (κ1) is 32.9. The van der Waals surface area contributed by atoms with Crippen LogP contribution in [0.4, 0.5) is 4.79 Å². The second-order valence-corrected chi connectivity index (χ2v) is 14.6. The van der Waals surface area contributed by atoms with E-state index in [1.165, 1.54) is 27.8 Å². The highest BCUT2D eigenvalue weighted by molar-refractivity contribution is 5.78. The lowest BCUT2D eigenvalue weighted by Gasteiger charge is -2.34. The topological polar surface area (TPSA) is 79.8 Å². The number of nitrogens with one attached hydrogen (secondary N) is 2. The highest BCUT2D eigenvalue weighted by atomic mass is 16.6. The number of amides is 1. The molecule has 3 N–H and O–H groups in total. The lowest BCUT2D eigenvalue weighted by molar-refractivity contribution is 0.0479. The van der Waals surface area contributed by atoms with Crippen LogP contribution in [0.3, 0.4) is 0 Å². The van der Waals surface area contributed by atoms with Gasteiger partial charge in [-0.25, -0.2) is 4.79 Å². The van der Waals surface area contributed by atoms with E-state index in [9.17, 15) is 9.90 Å². The summed E-state index contributed by atoms with van der Waals surface area (Å²) in [4.78, 5) is 12.6. The van der Waals surface area contributed by atoms with Gasteiger partial charge in [-0.1, -0.05) is 83.9 Å². The van der Waals surface area contributed by atoms with E-state index in [0.29, 0.717) is 25.0 Å². The van der Waals surface area contributed by atoms with Crippen LogP contribution in [0.5, 0.6) is 11.5 Å². The normalized spacial score (nSPS) is 19.8. The van der Waals surface area contributed by atoms with Crippen molar-refractivity contribution in [1.82, 2.24) is 10.6 Å². The third kappa shape index (κ3) is 7.49. The van der Waals surface area contributed by atoms with Crippen molar-refractivity contribution in [2.75, 3.05) is 0 Å². The van der Waals surface area contributed by atoms with Crippen LogP contribution in [-0.2, 0) is 17.9 Å². The number of alkyl carbamates (subject to hydrolysis) is 1. The van der Waals surface area contributed by atoms with Gasteiger partial charge in [0.05, 0.1) is 0 Å². The van der Waals surface area contributed by atoms with Gasteiger partial charge in [-0.05, 0) is 85.4 Å². The minimum absolute atomic E-state index is 0.0344. The molecule has 242 valence electrons. The Kier molecular flexibility index (Phi) is 9.83. The first-order valence-corrected chi connectivity index (χ1v) is 16.8. The lowest BCUT2D eigenvalue weighted by atomic mass is 9.80. The van der Waals surface area contributed by atoms with Gasteiger partial charge in [-0.3, -0.25) is 0 Å². The summed E-state index contributed by atoms with van der Waals surface area (Å²) < 4.78 is 12.1. The van der Waals surface area contributed by atoms with Gasteiger partial charge in [0.1, 0.15) is 23.7 Å². The van der Waals surface area contributed by atoms with Gasteiger partial charge >= 0.3 is 6.09 Å². The quantitative estimate of drug-likeness (QED) is 0.259. The third-order valence-corrected chi connectivity index (χ3v) is 9.38. The molecule has 45 heavy (non-hydrogen) atoms. The zero-order chi connectivity index (χ0) is 32.5. The molecule has 2 aliphatic rings. The summed E-state index contributed by atoms with van der Waals surface area (Å²) in [6.07, 6.45) is 3.62. The van der Waals surface area contributed by atoms with Crippen LogP contribution >= 0.6 is 0 Å². The summed E-state index contributed by atoms with van der Waals surface area (Å²) in [6.45, 7) is 17.9. The van der Waals surface area contributed by atoms with Crippen LogP contribution in [0.25, 0.3) is 11.1 Å². The Morgan fingerprint density at radius 1 is 0.978 bits per heavy atom. The molecule has 0 radical (unpaired) electrons. The van der Waals surface area contributed by atoms with E-state index in [2.05, 4.69) is 69.5 Å². The average molecular weight is 613 g/mol. The van der Waals surface area contributed by atoms with Gasteiger partial charge in [0.2, 0.25) is 0 Å². The maximum atomic E-state index is 12.6. The van der Waals surface area contributed by atoms with E-state index >= 15 is 0 Å². The van der Waals surface area contributed by atoms with Crippen molar-refractivity contribution in [3.05, 3.63) is 81.9 Å². The lowest BCUT2D eigenvalue weighted by Crippen LogP contribution is -2.52. The molecule has 2 bridgehead atoms. The Morgan fingerprint density at radius 3 is 2.38 bits per heavy atom. The van der Waals surface area contributed by atoms with E-state index in [0.717, 1.165) is 48.1 Å². The van der Waals surface area contributed by atoms with E-state index in [1.54, 1.807) is 0 Å². The molecule has 3 aromatic carbocycles. The number of rotatable bonds is 6. The SMILES string of the molecule is CC(C)c1cc(C(C)C)c2c(c1)C(C)c1cc(CN[C@H]3CCCC[C@@H]3NC(=O)OC(C)(C)C)c(O)c(c1)-c1ccccc1OC2. The van der Waals surface area contributed by atoms with Crippen LogP contribution in [-0.4, -0.2) is 28.9 Å². The van der Waals surface area contributed by atoms with Gasteiger partial charge in [0.25, 0.3) is 0 Å². The number of phenols is 1. The Balaban J connectivity index is 1.54. The van der Waals surface area contributed by atoms with Gasteiger partial charge in [-0.15, -0.1) is 0 Å². The number of para-hydroxylation sites is 1. The molecule has 1 fully saturated rings. The Labute approximate surface area is 269 Å². The Bertz CT molecular complexity index is 1520. The Hall–Kier alpha value is -3.51. The van der Waals surface area contributed by atoms with Gasteiger partial charge in [-0.2, -0.15) is 0 Å². The van der Waals surface area contributed by atoms with Crippen molar-refractivity contribution in [2.24, 2.45) is 0 Å². The van der Waals surface area contributed by atoms with Crippen LogP contribution in [0.2, 0.25) is 0 Å². The molecule has 0 saturated heterocycles. The molecule has 6 heteroatoms. The second kappa shape index (κ2) is 13.5. The zero-order valence-electron chi connectivity index (χ0n) is 28.4. The molecule has 1 saturated carbocycles. The summed E-state index contributed by atoms with van der Waals surface area (Å²) >= 11 is 0. The first-order valence-electron chi connectivity index (χ1n) is 16.8. The molecular formula is C39H52N2O4. The predicted molar refractivity (Wildman–Crippen MR) is 182 cm³/mol. The van der Waals surface area contributed by atoms with Crippen LogP contribution in [0.15, 0.2) is 48.5 Å². The molecule has 1 amide bonds. The largest absolute Gasteiger partial charge is 0.507 e. The molecule has 1 heterocycles. The molecule has 1 aliphatic carbocycles. The molecule has 6 nitrogen and oxygen atoms in total. The first-order chi connectivity index (χ1) is 21.3. The fraction of sp³-hybridized carbons (Fsp3) is 0.513. The number of hydrogen-bond donors (Lipinski definition) is 3. The molecule has 1 unspecified atom stereocenters. The Morgan fingerprint density at radius 2 is 1.69 bits per heavy atom. The van der Waals surface area contributed by atoms with Gasteiger partial charge in [0, 0.05) is 41.2 Å². The average Bonchev–Trinajstić information content (AvgIpc) is 2.98. The van der Waals surface area contributed by atoms with E-state index < -0.39 is 5.60 Å². The highest BCUT2D eigenvalue weighted by Gasteiger charge is 2.29. The molecular weight excluding hydrogens is 560 g/mol. The standard InChI is InChI=1S/C39H52N2O4/c1-23(2)26-18-30(24(3)4)33-22-44-36-16-12-9-13-29(36)32-20-27(25(5)31(33)19-26)17-28(37(32)42)21-40-34-14-10-11-15-35(34)41-38(43)45-39(6,7)8/h9,12-13,16-20,23-25,34-35,40,42H,10-11,14-15,21-22H2,1-8H3,(H,41,43)/t25?,34-,35-/m0/s1. The minimum atomic E-state index is -0.548. The fourth-order valence-electron chi connectivity index (χ4n) is 6.84. The van der Waals surface area contributed by atoms with Crippen LogP contribution < -0.4 is 15.4 Å².